The van der Waals surface area contributed by atoms with Gasteiger partial charge in [-0.15, -0.1) is 0 Å². The molecule has 0 bridgehead atoms. The molecule has 25 heavy (non-hydrogen) atoms. The zero-order valence-electron chi connectivity index (χ0n) is 13.9. The Kier molecular flexibility index (Phi) is 5.39. The van der Waals surface area contributed by atoms with Crippen LogP contribution in [0, 0.1) is 0 Å². The van der Waals surface area contributed by atoms with E-state index in [1.807, 2.05) is 44.2 Å². The van der Waals surface area contributed by atoms with Crippen molar-refractivity contribution in [2.75, 3.05) is 0 Å². The highest BCUT2D eigenvalue weighted by atomic mass is 16.4. The van der Waals surface area contributed by atoms with E-state index in [-0.39, 0.29) is 5.56 Å². The molecule has 0 radical (unpaired) electrons. The zero-order valence-corrected chi connectivity index (χ0v) is 13.9. The van der Waals surface area contributed by atoms with Gasteiger partial charge in [0.2, 0.25) is 17.2 Å². The summed E-state index contributed by atoms with van der Waals surface area (Å²) >= 11 is 0. The molecule has 0 aliphatic rings. The van der Waals surface area contributed by atoms with Crippen LogP contribution < -0.4 is 0 Å². The lowest BCUT2D eigenvalue weighted by Gasteiger charge is -2.13. The van der Waals surface area contributed by atoms with E-state index in [4.69, 9.17) is 0 Å². The maximum Gasteiger partial charge on any atom is 0.208 e. The highest BCUT2D eigenvalue weighted by molar-refractivity contribution is 5.85. The van der Waals surface area contributed by atoms with Gasteiger partial charge >= 0.3 is 0 Å². The SMILES string of the molecule is CC.Oc1c(O)c(O)c(-c2ccc(-c3ccccc3)cc2)c(O)c1O. The smallest absolute Gasteiger partial charge is 0.208 e. The summed E-state index contributed by atoms with van der Waals surface area (Å²) in [5, 5.41) is 48.5. The molecule has 0 aliphatic heterocycles. The number of phenols is 5. The van der Waals surface area contributed by atoms with Gasteiger partial charge in [0.15, 0.2) is 11.5 Å². The molecule has 3 aromatic rings. The lowest BCUT2D eigenvalue weighted by Crippen LogP contribution is -1.85. The van der Waals surface area contributed by atoms with Crippen molar-refractivity contribution in [2.24, 2.45) is 0 Å². The van der Waals surface area contributed by atoms with Crippen molar-refractivity contribution in [3.63, 3.8) is 0 Å². The van der Waals surface area contributed by atoms with E-state index >= 15 is 0 Å². The number of hydrogen-bond donors (Lipinski definition) is 5. The van der Waals surface area contributed by atoms with E-state index in [1.54, 1.807) is 24.3 Å². The van der Waals surface area contributed by atoms with Gasteiger partial charge < -0.3 is 25.5 Å². The Bertz CT molecular complexity index is 827. The van der Waals surface area contributed by atoms with E-state index in [0.29, 0.717) is 5.56 Å². The van der Waals surface area contributed by atoms with E-state index in [2.05, 4.69) is 0 Å². The van der Waals surface area contributed by atoms with E-state index in [9.17, 15) is 25.5 Å². The van der Waals surface area contributed by atoms with Gasteiger partial charge in [-0.2, -0.15) is 0 Å². The van der Waals surface area contributed by atoms with Crippen LogP contribution in [-0.4, -0.2) is 25.5 Å². The Balaban J connectivity index is 0.00000109. The van der Waals surface area contributed by atoms with Crippen LogP contribution in [0.1, 0.15) is 13.8 Å². The third-order valence-electron chi connectivity index (χ3n) is 3.65. The summed E-state index contributed by atoms with van der Waals surface area (Å²) in [7, 11) is 0. The van der Waals surface area contributed by atoms with Crippen molar-refractivity contribution in [1.29, 1.82) is 0 Å². The highest BCUT2D eigenvalue weighted by Crippen LogP contribution is 2.54. The molecule has 0 aliphatic carbocycles. The molecule has 0 atom stereocenters. The molecule has 0 saturated heterocycles. The second kappa shape index (κ2) is 7.49. The lowest BCUT2D eigenvalue weighted by atomic mass is 9.98. The topological polar surface area (TPSA) is 101 Å². The van der Waals surface area contributed by atoms with E-state index in [1.165, 1.54) is 0 Å². The maximum atomic E-state index is 9.94. The van der Waals surface area contributed by atoms with Crippen molar-refractivity contribution in [1.82, 2.24) is 0 Å². The van der Waals surface area contributed by atoms with Crippen LogP contribution in [0.15, 0.2) is 54.6 Å². The molecular weight excluding hydrogens is 320 g/mol. The number of benzene rings is 3. The molecule has 0 amide bonds. The van der Waals surface area contributed by atoms with E-state index in [0.717, 1.165) is 11.1 Å². The minimum Gasteiger partial charge on any atom is -0.504 e. The lowest BCUT2D eigenvalue weighted by molar-refractivity contribution is 0.330. The van der Waals surface area contributed by atoms with Gasteiger partial charge in [-0.1, -0.05) is 68.4 Å². The fourth-order valence-corrected chi connectivity index (χ4v) is 2.42. The Morgan fingerprint density at radius 2 is 0.800 bits per heavy atom. The van der Waals surface area contributed by atoms with Crippen LogP contribution >= 0.6 is 0 Å². The highest BCUT2D eigenvalue weighted by Gasteiger charge is 2.24. The molecule has 0 heterocycles. The van der Waals surface area contributed by atoms with Crippen molar-refractivity contribution in [3.05, 3.63) is 54.6 Å². The molecule has 0 spiro atoms. The first-order valence-electron chi connectivity index (χ1n) is 7.85. The third kappa shape index (κ3) is 3.30. The van der Waals surface area contributed by atoms with Crippen molar-refractivity contribution in [2.45, 2.75) is 13.8 Å². The summed E-state index contributed by atoms with van der Waals surface area (Å²) in [5.41, 5.74) is 2.16. The molecule has 0 unspecified atom stereocenters. The summed E-state index contributed by atoms with van der Waals surface area (Å²) in [6, 6.07) is 16.5. The molecule has 5 N–H and O–H groups in total. The van der Waals surface area contributed by atoms with Crippen LogP contribution in [0.5, 0.6) is 28.7 Å². The Morgan fingerprint density at radius 3 is 1.28 bits per heavy atom. The molecule has 3 aromatic carbocycles. The minimum absolute atomic E-state index is 0.155. The molecule has 0 fully saturated rings. The van der Waals surface area contributed by atoms with Gasteiger partial charge in [-0.25, -0.2) is 0 Å². The van der Waals surface area contributed by atoms with E-state index < -0.39 is 28.7 Å². The fourth-order valence-electron chi connectivity index (χ4n) is 2.42. The van der Waals surface area contributed by atoms with Gasteiger partial charge in [0.05, 0.1) is 5.56 Å². The van der Waals surface area contributed by atoms with Crippen LogP contribution in [0.3, 0.4) is 0 Å². The van der Waals surface area contributed by atoms with Crippen LogP contribution in [0.2, 0.25) is 0 Å². The van der Waals surface area contributed by atoms with Gasteiger partial charge in [-0.3, -0.25) is 0 Å². The minimum atomic E-state index is -0.968. The second-order valence-electron chi connectivity index (χ2n) is 5.06. The Hall–Kier alpha value is -3.34. The van der Waals surface area contributed by atoms with Crippen LogP contribution in [0.25, 0.3) is 22.3 Å². The summed E-state index contributed by atoms with van der Waals surface area (Å²) in [6.45, 7) is 4.00. The number of hydrogen-bond acceptors (Lipinski definition) is 5. The zero-order chi connectivity index (χ0) is 18.6. The maximum absolute atomic E-state index is 9.94. The molecule has 0 saturated carbocycles. The van der Waals surface area contributed by atoms with Gasteiger partial charge in [0, 0.05) is 0 Å². The predicted molar refractivity (Wildman–Crippen MR) is 97.0 cm³/mol. The summed E-state index contributed by atoms with van der Waals surface area (Å²) in [5.74, 6) is -4.15. The summed E-state index contributed by atoms with van der Waals surface area (Å²) in [6.07, 6.45) is 0. The molecule has 5 heteroatoms. The fraction of sp³-hybridized carbons (Fsp3) is 0.100. The quantitative estimate of drug-likeness (QED) is 0.347. The molecule has 130 valence electrons. The largest absolute Gasteiger partial charge is 0.504 e. The normalized spacial score (nSPS) is 10.0. The summed E-state index contributed by atoms with van der Waals surface area (Å²) in [4.78, 5) is 0. The van der Waals surface area contributed by atoms with Crippen molar-refractivity contribution >= 4 is 0 Å². The molecule has 5 nitrogen and oxygen atoms in total. The molecule has 0 aromatic heterocycles. The molecule has 3 rings (SSSR count). The predicted octanol–water partition coefficient (Wildman–Crippen LogP) is 4.57. The van der Waals surface area contributed by atoms with Crippen molar-refractivity contribution < 1.29 is 25.5 Å². The Morgan fingerprint density at radius 1 is 0.440 bits per heavy atom. The van der Waals surface area contributed by atoms with Crippen molar-refractivity contribution in [3.8, 4) is 51.0 Å². The van der Waals surface area contributed by atoms with Crippen LogP contribution in [-0.2, 0) is 0 Å². The first kappa shape index (κ1) is 18.0. The average molecular weight is 340 g/mol. The standard InChI is InChI=1S/C18H14O5.C2H6/c19-14-13(15(20)17(22)18(23)16(14)21)12-8-6-11(7-9-12)10-4-2-1-3-5-10;1-2/h1-9,19-23H;1-2H3. The number of aromatic hydroxyl groups is 5. The van der Waals surface area contributed by atoms with Crippen LogP contribution in [0.4, 0.5) is 0 Å². The summed E-state index contributed by atoms with van der Waals surface area (Å²) < 4.78 is 0. The second-order valence-corrected chi connectivity index (χ2v) is 5.06. The Labute approximate surface area is 145 Å². The first-order chi connectivity index (χ1) is 12.0. The molecular formula is C20H20O5. The number of phenolic OH excluding ortho intramolecular Hbond substituents is 5. The average Bonchev–Trinajstić information content (AvgIpc) is 2.68. The van der Waals surface area contributed by atoms with Gasteiger partial charge in [-0.05, 0) is 16.7 Å². The monoisotopic (exact) mass is 340 g/mol. The number of rotatable bonds is 2. The van der Waals surface area contributed by atoms with Gasteiger partial charge in [0.25, 0.3) is 0 Å². The van der Waals surface area contributed by atoms with Gasteiger partial charge in [0.1, 0.15) is 0 Å². The third-order valence-corrected chi connectivity index (χ3v) is 3.65. The first-order valence-corrected chi connectivity index (χ1v) is 7.85.